The molecule has 0 N–H and O–H groups in total. The Morgan fingerprint density at radius 3 is 2.61 bits per heavy atom. The predicted octanol–water partition coefficient (Wildman–Crippen LogP) is 1.50. The van der Waals surface area contributed by atoms with Crippen LogP contribution in [0.2, 0.25) is 0 Å². The quantitative estimate of drug-likeness (QED) is 0.767. The third-order valence-corrected chi connectivity index (χ3v) is 2.20. The van der Waals surface area contributed by atoms with Crippen molar-refractivity contribution < 1.29 is 30.5 Å². The SMILES string of the molecule is CS(=O)(=O)OCc1ncccc1OCC(F)(F)F. The van der Waals surface area contributed by atoms with Crippen molar-refractivity contribution in [1.29, 1.82) is 0 Å². The number of nitrogens with zero attached hydrogens (tertiary/aromatic N) is 1. The number of rotatable bonds is 5. The summed E-state index contributed by atoms with van der Waals surface area (Å²) in [5.41, 5.74) is -0.0211. The van der Waals surface area contributed by atoms with E-state index in [2.05, 4.69) is 13.9 Å². The molecule has 1 aromatic rings. The molecule has 0 atom stereocenters. The summed E-state index contributed by atoms with van der Waals surface area (Å²) >= 11 is 0. The summed E-state index contributed by atoms with van der Waals surface area (Å²) in [6, 6.07) is 2.62. The molecule has 0 aliphatic carbocycles. The molecule has 0 amide bonds. The van der Waals surface area contributed by atoms with Crippen LogP contribution in [0.1, 0.15) is 5.69 Å². The molecular formula is C9H10F3NO4S. The molecule has 0 unspecified atom stereocenters. The van der Waals surface area contributed by atoms with Crippen molar-refractivity contribution in [3.05, 3.63) is 24.0 Å². The van der Waals surface area contributed by atoms with Crippen LogP contribution in [0.25, 0.3) is 0 Å². The highest BCUT2D eigenvalue weighted by Gasteiger charge is 2.29. The molecule has 0 aliphatic rings. The molecule has 5 nitrogen and oxygen atoms in total. The summed E-state index contributed by atoms with van der Waals surface area (Å²) < 4.78 is 66.4. The van der Waals surface area contributed by atoms with Gasteiger partial charge in [0.05, 0.1) is 6.26 Å². The maximum atomic E-state index is 12.0. The smallest absolute Gasteiger partial charge is 0.422 e. The van der Waals surface area contributed by atoms with Crippen molar-refractivity contribution in [3.63, 3.8) is 0 Å². The van der Waals surface area contributed by atoms with Gasteiger partial charge in [-0.15, -0.1) is 0 Å². The van der Waals surface area contributed by atoms with Gasteiger partial charge in [-0.25, -0.2) is 0 Å². The molecule has 1 aromatic heterocycles. The monoisotopic (exact) mass is 285 g/mol. The standard InChI is InChI=1S/C9H10F3NO4S/c1-18(14,15)17-5-7-8(3-2-4-13-7)16-6-9(10,11)12/h2-4H,5-6H2,1H3. The van der Waals surface area contributed by atoms with Crippen LogP contribution in [-0.2, 0) is 20.9 Å². The van der Waals surface area contributed by atoms with E-state index < -0.39 is 29.5 Å². The average Bonchev–Trinajstić information content (AvgIpc) is 2.22. The van der Waals surface area contributed by atoms with Crippen molar-refractivity contribution in [2.45, 2.75) is 12.8 Å². The molecule has 9 heteroatoms. The summed E-state index contributed by atoms with van der Waals surface area (Å²) in [5.74, 6) is -0.168. The molecular weight excluding hydrogens is 275 g/mol. The maximum absolute atomic E-state index is 12.0. The molecule has 0 radical (unpaired) electrons. The summed E-state index contributed by atoms with van der Waals surface area (Å²) in [4.78, 5) is 3.70. The van der Waals surface area contributed by atoms with E-state index in [1.165, 1.54) is 18.3 Å². The van der Waals surface area contributed by atoms with Gasteiger partial charge >= 0.3 is 6.18 Å². The Bertz CT molecular complexity index is 501. The molecule has 102 valence electrons. The van der Waals surface area contributed by atoms with Crippen LogP contribution in [0.5, 0.6) is 5.75 Å². The molecule has 0 aliphatic heterocycles. The van der Waals surface area contributed by atoms with Crippen LogP contribution >= 0.6 is 0 Å². The molecule has 18 heavy (non-hydrogen) atoms. The van der Waals surface area contributed by atoms with Crippen molar-refractivity contribution in [2.24, 2.45) is 0 Å². The number of halogens is 3. The Balaban J connectivity index is 2.74. The van der Waals surface area contributed by atoms with E-state index in [1.807, 2.05) is 0 Å². The van der Waals surface area contributed by atoms with Crippen molar-refractivity contribution in [3.8, 4) is 5.75 Å². The van der Waals surface area contributed by atoms with Crippen LogP contribution in [-0.4, -0.2) is 32.4 Å². The first-order valence-electron chi connectivity index (χ1n) is 4.65. The minimum absolute atomic E-state index is 0.0211. The van der Waals surface area contributed by atoms with Gasteiger partial charge in [0.25, 0.3) is 10.1 Å². The van der Waals surface area contributed by atoms with Gasteiger partial charge < -0.3 is 4.74 Å². The van der Waals surface area contributed by atoms with Gasteiger partial charge in [0.2, 0.25) is 0 Å². The molecule has 0 saturated carbocycles. The number of hydrogen-bond acceptors (Lipinski definition) is 5. The highest BCUT2D eigenvalue weighted by Crippen LogP contribution is 2.21. The van der Waals surface area contributed by atoms with E-state index in [-0.39, 0.29) is 11.4 Å². The second kappa shape index (κ2) is 5.53. The Morgan fingerprint density at radius 1 is 1.39 bits per heavy atom. The average molecular weight is 285 g/mol. The first-order valence-corrected chi connectivity index (χ1v) is 6.47. The van der Waals surface area contributed by atoms with Crippen LogP contribution in [0.3, 0.4) is 0 Å². The first-order chi connectivity index (χ1) is 8.17. The number of alkyl halides is 3. The van der Waals surface area contributed by atoms with Gasteiger partial charge in [0, 0.05) is 6.20 Å². The fraction of sp³-hybridized carbons (Fsp3) is 0.444. The Kier molecular flexibility index (Phi) is 4.52. The van der Waals surface area contributed by atoms with E-state index in [0.29, 0.717) is 0 Å². The lowest BCUT2D eigenvalue weighted by molar-refractivity contribution is -0.153. The van der Waals surface area contributed by atoms with E-state index in [4.69, 9.17) is 0 Å². The summed E-state index contributed by atoms with van der Waals surface area (Å²) in [7, 11) is -3.70. The number of pyridine rings is 1. The predicted molar refractivity (Wildman–Crippen MR) is 55.4 cm³/mol. The van der Waals surface area contributed by atoms with E-state index in [0.717, 1.165) is 6.26 Å². The molecule has 0 aromatic carbocycles. The molecule has 1 heterocycles. The molecule has 0 spiro atoms. The molecule has 0 bridgehead atoms. The highest BCUT2D eigenvalue weighted by atomic mass is 32.2. The summed E-state index contributed by atoms with van der Waals surface area (Å²) in [5, 5.41) is 0. The molecule has 1 rings (SSSR count). The van der Waals surface area contributed by atoms with Crippen molar-refractivity contribution >= 4 is 10.1 Å². The third kappa shape index (κ3) is 5.82. The van der Waals surface area contributed by atoms with Gasteiger partial charge in [-0.2, -0.15) is 21.6 Å². The van der Waals surface area contributed by atoms with Crippen LogP contribution in [0.15, 0.2) is 18.3 Å². The second-order valence-corrected chi connectivity index (χ2v) is 4.96. The summed E-state index contributed by atoms with van der Waals surface area (Å²) in [6.45, 7) is -1.96. The van der Waals surface area contributed by atoms with Gasteiger partial charge in [-0.1, -0.05) is 0 Å². The number of hydrogen-bond donors (Lipinski definition) is 0. The zero-order chi connectivity index (χ0) is 13.8. The maximum Gasteiger partial charge on any atom is 0.422 e. The second-order valence-electron chi connectivity index (χ2n) is 3.32. The minimum Gasteiger partial charge on any atom is -0.482 e. The lowest BCUT2D eigenvalue weighted by atomic mass is 10.3. The molecule has 0 fully saturated rings. The Morgan fingerprint density at radius 2 is 2.06 bits per heavy atom. The van der Waals surface area contributed by atoms with Gasteiger partial charge in [0.15, 0.2) is 6.61 Å². The van der Waals surface area contributed by atoms with Crippen LogP contribution < -0.4 is 4.74 Å². The minimum atomic E-state index is -4.48. The lowest BCUT2D eigenvalue weighted by Crippen LogP contribution is -2.20. The zero-order valence-corrected chi connectivity index (χ0v) is 10.1. The normalized spacial score (nSPS) is 12.4. The first kappa shape index (κ1) is 14.7. The van der Waals surface area contributed by atoms with Gasteiger partial charge in [0.1, 0.15) is 18.1 Å². The van der Waals surface area contributed by atoms with Crippen LogP contribution in [0, 0.1) is 0 Å². The third-order valence-electron chi connectivity index (χ3n) is 1.65. The van der Waals surface area contributed by atoms with Crippen LogP contribution in [0.4, 0.5) is 13.2 Å². The fourth-order valence-corrected chi connectivity index (χ4v) is 1.31. The Labute approximate surface area is 102 Å². The topological polar surface area (TPSA) is 65.5 Å². The highest BCUT2D eigenvalue weighted by molar-refractivity contribution is 7.85. The molecule has 0 saturated heterocycles. The van der Waals surface area contributed by atoms with E-state index in [1.54, 1.807) is 0 Å². The fourth-order valence-electron chi connectivity index (χ4n) is 0.986. The van der Waals surface area contributed by atoms with E-state index >= 15 is 0 Å². The van der Waals surface area contributed by atoms with Crippen molar-refractivity contribution in [2.75, 3.05) is 12.9 Å². The summed E-state index contributed by atoms with van der Waals surface area (Å²) in [6.07, 6.45) is -2.36. The number of aromatic nitrogens is 1. The van der Waals surface area contributed by atoms with Gasteiger partial charge in [-0.3, -0.25) is 9.17 Å². The lowest BCUT2D eigenvalue weighted by Gasteiger charge is -2.11. The van der Waals surface area contributed by atoms with Crippen molar-refractivity contribution in [1.82, 2.24) is 4.98 Å². The zero-order valence-electron chi connectivity index (χ0n) is 9.27. The van der Waals surface area contributed by atoms with E-state index in [9.17, 15) is 21.6 Å². The van der Waals surface area contributed by atoms with Gasteiger partial charge in [-0.05, 0) is 12.1 Å². The largest absolute Gasteiger partial charge is 0.482 e. The Hall–Kier alpha value is -1.35. The number of ether oxygens (including phenoxy) is 1.